The van der Waals surface area contributed by atoms with Crippen LogP contribution in [-0.2, 0) is 0 Å². The van der Waals surface area contributed by atoms with E-state index in [9.17, 15) is 9.18 Å². The van der Waals surface area contributed by atoms with E-state index >= 15 is 0 Å². The van der Waals surface area contributed by atoms with Gasteiger partial charge in [0.2, 0.25) is 0 Å². The van der Waals surface area contributed by atoms with Gasteiger partial charge in [0, 0.05) is 11.6 Å². The molecule has 5 heteroatoms. The Morgan fingerprint density at radius 2 is 2.28 bits per heavy atom. The van der Waals surface area contributed by atoms with Crippen molar-refractivity contribution in [3.05, 3.63) is 29.6 Å². The number of methoxy groups -OCH3 is 1. The summed E-state index contributed by atoms with van der Waals surface area (Å²) in [6.07, 6.45) is 2.79. The molecule has 18 heavy (non-hydrogen) atoms. The molecule has 2 rings (SSSR count). The lowest BCUT2D eigenvalue weighted by Crippen LogP contribution is -2.37. The Morgan fingerprint density at radius 1 is 1.50 bits per heavy atom. The molecule has 2 unspecified atom stereocenters. The van der Waals surface area contributed by atoms with E-state index in [0.717, 1.165) is 19.3 Å². The van der Waals surface area contributed by atoms with Crippen molar-refractivity contribution in [3.8, 4) is 5.75 Å². The smallest absolute Gasteiger partial charge is 0.251 e. The van der Waals surface area contributed by atoms with Crippen LogP contribution >= 0.6 is 11.6 Å². The topological polar surface area (TPSA) is 38.3 Å². The molecule has 3 nitrogen and oxygen atoms in total. The Morgan fingerprint density at radius 3 is 2.83 bits per heavy atom. The summed E-state index contributed by atoms with van der Waals surface area (Å²) in [4.78, 5) is 11.9. The lowest BCUT2D eigenvalue weighted by atomic mass is 10.1. The lowest BCUT2D eigenvalue weighted by Gasteiger charge is -2.16. The van der Waals surface area contributed by atoms with Crippen molar-refractivity contribution in [2.45, 2.75) is 30.7 Å². The molecule has 1 fully saturated rings. The highest BCUT2D eigenvalue weighted by Crippen LogP contribution is 2.24. The number of alkyl halides is 1. The van der Waals surface area contributed by atoms with Crippen molar-refractivity contribution in [3.63, 3.8) is 0 Å². The summed E-state index contributed by atoms with van der Waals surface area (Å²) in [5, 5.41) is 2.80. The number of hydrogen-bond donors (Lipinski definition) is 1. The van der Waals surface area contributed by atoms with Crippen molar-refractivity contribution in [2.75, 3.05) is 7.11 Å². The van der Waals surface area contributed by atoms with Gasteiger partial charge in [0.15, 0.2) is 11.6 Å². The second kappa shape index (κ2) is 5.57. The van der Waals surface area contributed by atoms with E-state index in [-0.39, 0.29) is 28.6 Å². The fourth-order valence-electron chi connectivity index (χ4n) is 2.14. The first kappa shape index (κ1) is 13.1. The molecule has 1 aromatic carbocycles. The molecule has 0 spiro atoms. The Kier molecular flexibility index (Phi) is 4.07. The Labute approximate surface area is 110 Å². The molecule has 1 amide bonds. The van der Waals surface area contributed by atoms with Crippen molar-refractivity contribution in [2.24, 2.45) is 0 Å². The summed E-state index contributed by atoms with van der Waals surface area (Å²) in [5.74, 6) is -0.712. The average molecular weight is 272 g/mol. The van der Waals surface area contributed by atoms with Gasteiger partial charge in [-0.15, -0.1) is 11.6 Å². The first-order valence-corrected chi connectivity index (χ1v) is 6.34. The van der Waals surface area contributed by atoms with Crippen molar-refractivity contribution in [1.29, 1.82) is 0 Å². The summed E-state index contributed by atoms with van der Waals surface area (Å²) in [7, 11) is 1.38. The van der Waals surface area contributed by atoms with Crippen molar-refractivity contribution < 1.29 is 13.9 Å². The number of carbonyl (C=O) groups excluding carboxylic acids is 1. The maximum absolute atomic E-state index is 13.5. The van der Waals surface area contributed by atoms with Crippen molar-refractivity contribution in [1.82, 2.24) is 5.32 Å². The predicted octanol–water partition coefficient (Wildman–Crippen LogP) is 2.72. The number of amides is 1. The van der Waals surface area contributed by atoms with Crippen molar-refractivity contribution >= 4 is 17.5 Å². The minimum atomic E-state index is -0.543. The van der Waals surface area contributed by atoms with Gasteiger partial charge < -0.3 is 10.1 Å². The monoisotopic (exact) mass is 271 g/mol. The second-order valence-electron chi connectivity index (χ2n) is 4.38. The molecule has 0 aromatic heterocycles. The van der Waals surface area contributed by atoms with Crippen LogP contribution < -0.4 is 10.1 Å². The Balaban J connectivity index is 2.07. The third kappa shape index (κ3) is 2.75. The zero-order valence-corrected chi connectivity index (χ0v) is 10.8. The highest BCUT2D eigenvalue weighted by molar-refractivity contribution is 6.21. The highest BCUT2D eigenvalue weighted by Gasteiger charge is 2.27. The number of hydrogen-bond acceptors (Lipinski definition) is 2. The van der Waals surface area contributed by atoms with Gasteiger partial charge in [0.1, 0.15) is 0 Å². The molecule has 0 bridgehead atoms. The number of carbonyl (C=O) groups is 1. The minimum Gasteiger partial charge on any atom is -0.494 e. The van der Waals surface area contributed by atoms with Crippen LogP contribution in [0.1, 0.15) is 29.6 Å². The van der Waals surface area contributed by atoms with Crippen LogP contribution in [0, 0.1) is 5.82 Å². The molecule has 1 aliphatic rings. The number of halogens is 2. The summed E-state index contributed by atoms with van der Waals surface area (Å²) in [6.45, 7) is 0. The molecule has 0 heterocycles. The maximum atomic E-state index is 13.5. The van der Waals surface area contributed by atoms with Gasteiger partial charge in [-0.25, -0.2) is 4.39 Å². The zero-order chi connectivity index (χ0) is 13.1. The van der Waals surface area contributed by atoms with Gasteiger partial charge in [0.05, 0.1) is 12.5 Å². The number of nitrogens with one attached hydrogen (secondary N) is 1. The van der Waals surface area contributed by atoms with Gasteiger partial charge in [0.25, 0.3) is 5.91 Å². The summed E-state index contributed by atoms with van der Waals surface area (Å²) in [5.41, 5.74) is 0.282. The molecule has 1 saturated carbocycles. The number of ether oxygens (including phenoxy) is 1. The number of rotatable bonds is 3. The Hall–Kier alpha value is -1.29. The molecular weight excluding hydrogens is 257 g/mol. The molecule has 1 aromatic rings. The van der Waals surface area contributed by atoms with E-state index in [1.165, 1.54) is 25.3 Å². The summed E-state index contributed by atoms with van der Waals surface area (Å²) >= 11 is 6.08. The third-order valence-corrected chi connectivity index (χ3v) is 3.68. The van der Waals surface area contributed by atoms with Gasteiger partial charge >= 0.3 is 0 Å². The van der Waals surface area contributed by atoms with E-state index in [4.69, 9.17) is 16.3 Å². The fourth-order valence-corrected chi connectivity index (χ4v) is 2.48. The van der Waals surface area contributed by atoms with Crippen LogP contribution in [0.15, 0.2) is 18.2 Å². The van der Waals surface area contributed by atoms with Crippen LogP contribution in [0.2, 0.25) is 0 Å². The lowest BCUT2D eigenvalue weighted by molar-refractivity contribution is 0.0938. The minimum absolute atomic E-state index is 0.0238. The second-order valence-corrected chi connectivity index (χ2v) is 4.94. The van der Waals surface area contributed by atoms with E-state index in [1.54, 1.807) is 0 Å². The molecule has 2 atom stereocenters. The first-order valence-electron chi connectivity index (χ1n) is 5.90. The normalized spacial score (nSPS) is 22.8. The molecule has 1 aliphatic carbocycles. The van der Waals surface area contributed by atoms with Crippen LogP contribution in [-0.4, -0.2) is 24.4 Å². The third-order valence-electron chi connectivity index (χ3n) is 3.16. The predicted molar refractivity (Wildman–Crippen MR) is 67.7 cm³/mol. The Bertz CT molecular complexity index is 453. The average Bonchev–Trinajstić information content (AvgIpc) is 2.75. The molecule has 0 radical (unpaired) electrons. The van der Waals surface area contributed by atoms with Crippen LogP contribution in [0.3, 0.4) is 0 Å². The molecule has 1 N–H and O–H groups in total. The van der Waals surface area contributed by atoms with E-state index < -0.39 is 5.82 Å². The standard InChI is InChI=1S/C13H15ClFNO2/c1-18-12-6-5-8(7-10(12)15)13(17)16-11-4-2-3-9(11)14/h5-7,9,11H,2-4H2,1H3,(H,16,17). The summed E-state index contributed by atoms with van der Waals surface area (Å²) in [6, 6.07) is 4.13. The quantitative estimate of drug-likeness (QED) is 0.859. The van der Waals surface area contributed by atoms with Gasteiger partial charge in [-0.3, -0.25) is 4.79 Å². The fraction of sp³-hybridized carbons (Fsp3) is 0.462. The molecule has 98 valence electrons. The highest BCUT2D eigenvalue weighted by atomic mass is 35.5. The number of benzene rings is 1. The molecular formula is C13H15ClFNO2. The van der Waals surface area contributed by atoms with Gasteiger partial charge in [-0.05, 0) is 37.5 Å². The van der Waals surface area contributed by atoms with Crippen LogP contribution in [0.5, 0.6) is 5.75 Å². The largest absolute Gasteiger partial charge is 0.494 e. The zero-order valence-electron chi connectivity index (χ0n) is 10.1. The molecule has 0 saturated heterocycles. The maximum Gasteiger partial charge on any atom is 0.251 e. The van der Waals surface area contributed by atoms with Crippen LogP contribution in [0.4, 0.5) is 4.39 Å². The SMILES string of the molecule is COc1ccc(C(=O)NC2CCCC2Cl)cc1F. The molecule has 0 aliphatic heterocycles. The van der Waals surface area contributed by atoms with E-state index in [0.29, 0.717) is 0 Å². The first-order chi connectivity index (χ1) is 8.61. The van der Waals surface area contributed by atoms with Crippen LogP contribution in [0.25, 0.3) is 0 Å². The van der Waals surface area contributed by atoms with Gasteiger partial charge in [-0.1, -0.05) is 0 Å². The van der Waals surface area contributed by atoms with Gasteiger partial charge in [-0.2, -0.15) is 0 Å². The van der Waals surface area contributed by atoms with E-state index in [1.807, 2.05) is 0 Å². The summed E-state index contributed by atoms with van der Waals surface area (Å²) < 4.78 is 18.3. The van der Waals surface area contributed by atoms with E-state index in [2.05, 4.69) is 5.32 Å².